The molecule has 4 saturated carbocycles. The van der Waals surface area contributed by atoms with Crippen molar-refractivity contribution in [3.63, 3.8) is 0 Å². The first-order valence-electron chi connectivity index (χ1n) is 9.97. The maximum absolute atomic E-state index is 12.2. The highest BCUT2D eigenvalue weighted by Crippen LogP contribution is 2.67. The second kappa shape index (κ2) is 5.40. The summed E-state index contributed by atoms with van der Waals surface area (Å²) < 4.78 is 0. The van der Waals surface area contributed by atoms with Crippen molar-refractivity contribution in [2.45, 2.75) is 78.2 Å². The summed E-state index contributed by atoms with van der Waals surface area (Å²) >= 11 is 0. The maximum atomic E-state index is 12.2. The highest BCUT2D eigenvalue weighted by Gasteiger charge is 2.62. The number of Topliss-reactive ketones (excluding diaryl/α,β-unsaturated/α-hetero) is 2. The minimum absolute atomic E-state index is 0.117. The Bertz CT molecular complexity index is 569. The minimum Gasteiger partial charge on any atom is -0.393 e. The molecule has 1 N–H and O–H groups in total. The molecule has 0 radical (unpaired) electrons. The quantitative estimate of drug-likeness (QED) is 0.795. The lowest BCUT2D eigenvalue weighted by molar-refractivity contribution is -0.166. The van der Waals surface area contributed by atoms with Crippen molar-refractivity contribution < 1.29 is 14.7 Å². The van der Waals surface area contributed by atoms with Crippen LogP contribution < -0.4 is 0 Å². The third-order valence-corrected chi connectivity index (χ3v) is 8.99. The monoisotopic (exact) mass is 332 g/mol. The predicted molar refractivity (Wildman–Crippen MR) is 92.3 cm³/mol. The lowest BCUT2D eigenvalue weighted by atomic mass is 9.44. The smallest absolute Gasteiger partial charge is 0.133 e. The molecule has 0 aromatic rings. The van der Waals surface area contributed by atoms with E-state index in [0.717, 1.165) is 32.1 Å². The van der Waals surface area contributed by atoms with E-state index in [1.54, 1.807) is 6.92 Å². The van der Waals surface area contributed by atoms with Gasteiger partial charge in [-0.1, -0.05) is 13.8 Å². The van der Waals surface area contributed by atoms with Gasteiger partial charge in [0.25, 0.3) is 0 Å². The maximum Gasteiger partial charge on any atom is 0.133 e. The number of aliphatic hydroxyl groups is 1. The van der Waals surface area contributed by atoms with Gasteiger partial charge in [0.2, 0.25) is 0 Å². The Labute approximate surface area is 145 Å². The fraction of sp³-hybridized carbons (Fsp3) is 0.905. The molecule has 0 amide bonds. The Morgan fingerprint density at radius 1 is 1.04 bits per heavy atom. The zero-order valence-electron chi connectivity index (χ0n) is 15.4. The molecule has 4 rings (SSSR count). The molecule has 4 aliphatic rings. The molecule has 0 bridgehead atoms. The number of ketones is 2. The summed E-state index contributed by atoms with van der Waals surface area (Å²) in [7, 11) is 0. The summed E-state index contributed by atoms with van der Waals surface area (Å²) in [6, 6.07) is 0. The zero-order valence-corrected chi connectivity index (χ0v) is 15.4. The number of carbonyl (C=O) groups excluding carboxylic acids is 2. The van der Waals surface area contributed by atoms with Gasteiger partial charge in [-0.15, -0.1) is 0 Å². The molecule has 0 unspecified atom stereocenters. The van der Waals surface area contributed by atoms with Crippen molar-refractivity contribution in [3.05, 3.63) is 0 Å². The third-order valence-electron chi connectivity index (χ3n) is 8.99. The van der Waals surface area contributed by atoms with Gasteiger partial charge in [0, 0.05) is 18.8 Å². The van der Waals surface area contributed by atoms with E-state index >= 15 is 0 Å². The molecule has 0 spiro atoms. The lowest BCUT2D eigenvalue weighted by Crippen LogP contribution is -2.58. The van der Waals surface area contributed by atoms with Crippen molar-refractivity contribution in [1.82, 2.24) is 0 Å². The molecule has 0 heterocycles. The number of aliphatic hydroxyl groups excluding tert-OH is 1. The largest absolute Gasteiger partial charge is 0.393 e. The van der Waals surface area contributed by atoms with Crippen LogP contribution in [0, 0.1) is 40.4 Å². The van der Waals surface area contributed by atoms with Gasteiger partial charge in [-0.25, -0.2) is 0 Å². The molecule has 24 heavy (non-hydrogen) atoms. The summed E-state index contributed by atoms with van der Waals surface area (Å²) in [6.45, 7) is 6.46. The molecule has 4 fully saturated rings. The average Bonchev–Trinajstić information content (AvgIpc) is 2.87. The molecule has 0 saturated heterocycles. The number of hydrogen-bond acceptors (Lipinski definition) is 3. The van der Waals surface area contributed by atoms with Gasteiger partial charge in [-0.05, 0) is 80.0 Å². The highest BCUT2D eigenvalue weighted by atomic mass is 16.3. The Balaban J connectivity index is 1.67. The molecule has 0 aromatic heterocycles. The van der Waals surface area contributed by atoms with E-state index in [1.165, 1.54) is 6.42 Å². The van der Waals surface area contributed by atoms with Crippen molar-refractivity contribution in [3.8, 4) is 0 Å². The van der Waals surface area contributed by atoms with Crippen LogP contribution in [-0.4, -0.2) is 22.8 Å². The van der Waals surface area contributed by atoms with E-state index in [-0.39, 0.29) is 28.8 Å². The van der Waals surface area contributed by atoms with Gasteiger partial charge < -0.3 is 5.11 Å². The first-order chi connectivity index (χ1) is 11.3. The first kappa shape index (κ1) is 16.8. The fourth-order valence-corrected chi connectivity index (χ4v) is 7.76. The van der Waals surface area contributed by atoms with Crippen LogP contribution in [-0.2, 0) is 9.59 Å². The van der Waals surface area contributed by atoms with Crippen molar-refractivity contribution in [1.29, 1.82) is 0 Å². The van der Waals surface area contributed by atoms with Gasteiger partial charge in [0.15, 0.2) is 0 Å². The summed E-state index contributed by atoms with van der Waals surface area (Å²) in [5.74, 6) is 2.83. The SMILES string of the molecule is CC(=O)[C@H]1CC[C@H]2[C@@H]3C[C@@H](O)[C@@H]4CC(=O)CC[C@]4(C)[C@H]3CC[C@]12C. The summed E-state index contributed by atoms with van der Waals surface area (Å²) in [6.07, 6.45) is 7.25. The van der Waals surface area contributed by atoms with Crippen LogP contribution in [0.2, 0.25) is 0 Å². The molecular formula is C21H32O3. The van der Waals surface area contributed by atoms with Gasteiger partial charge in [0.1, 0.15) is 11.6 Å². The Morgan fingerprint density at radius 3 is 2.46 bits per heavy atom. The summed E-state index contributed by atoms with van der Waals surface area (Å²) in [4.78, 5) is 24.1. The molecule has 0 aromatic carbocycles. The van der Waals surface area contributed by atoms with Crippen molar-refractivity contribution >= 4 is 11.6 Å². The Hall–Kier alpha value is -0.700. The molecule has 4 aliphatic carbocycles. The van der Waals surface area contributed by atoms with Crippen LogP contribution >= 0.6 is 0 Å². The number of fused-ring (bicyclic) bond motifs is 5. The summed E-state index contributed by atoms with van der Waals surface area (Å²) in [5, 5.41) is 10.9. The van der Waals surface area contributed by atoms with E-state index in [2.05, 4.69) is 13.8 Å². The topological polar surface area (TPSA) is 54.4 Å². The number of rotatable bonds is 1. The Morgan fingerprint density at radius 2 is 1.75 bits per heavy atom. The highest BCUT2D eigenvalue weighted by molar-refractivity contribution is 5.80. The third kappa shape index (κ3) is 2.12. The van der Waals surface area contributed by atoms with Crippen molar-refractivity contribution in [2.24, 2.45) is 40.4 Å². The van der Waals surface area contributed by atoms with E-state index in [4.69, 9.17) is 0 Å². The standard InChI is InChI=1S/C21H32O3/c1-12(22)15-4-5-16-14-11-19(24)18-10-13(23)6-8-21(18,3)17(14)7-9-20(15,16)2/h14-19,24H,4-11H2,1-3H3/t14-,15+,16-,17-,18-,19+,20+,21+/m0/s1. The van der Waals surface area contributed by atoms with Crippen LogP contribution in [0.5, 0.6) is 0 Å². The Kier molecular flexibility index (Phi) is 3.77. The van der Waals surface area contributed by atoms with Crippen LogP contribution in [0.1, 0.15) is 72.1 Å². The second-order valence-corrected chi connectivity index (χ2v) is 9.82. The van der Waals surface area contributed by atoms with Gasteiger partial charge >= 0.3 is 0 Å². The average molecular weight is 332 g/mol. The van der Waals surface area contributed by atoms with Gasteiger partial charge in [0.05, 0.1) is 6.10 Å². The van der Waals surface area contributed by atoms with Crippen LogP contribution in [0.4, 0.5) is 0 Å². The molecule has 0 aliphatic heterocycles. The molecule has 3 nitrogen and oxygen atoms in total. The van der Waals surface area contributed by atoms with Gasteiger partial charge in [-0.2, -0.15) is 0 Å². The van der Waals surface area contributed by atoms with Crippen LogP contribution in [0.25, 0.3) is 0 Å². The molecule has 134 valence electrons. The zero-order chi connectivity index (χ0) is 17.3. The molecule has 3 heteroatoms. The van der Waals surface area contributed by atoms with E-state index in [0.29, 0.717) is 42.2 Å². The number of carbonyl (C=O) groups is 2. The second-order valence-electron chi connectivity index (χ2n) is 9.82. The van der Waals surface area contributed by atoms with Crippen molar-refractivity contribution in [2.75, 3.05) is 0 Å². The van der Waals surface area contributed by atoms with E-state index < -0.39 is 0 Å². The van der Waals surface area contributed by atoms with E-state index in [9.17, 15) is 14.7 Å². The lowest BCUT2D eigenvalue weighted by Gasteiger charge is -2.61. The van der Waals surface area contributed by atoms with E-state index in [1.807, 2.05) is 0 Å². The molecular weight excluding hydrogens is 300 g/mol. The predicted octanol–water partition coefficient (Wildman–Crippen LogP) is 3.77. The summed E-state index contributed by atoms with van der Waals surface area (Å²) in [5.41, 5.74) is 0.256. The first-order valence-corrected chi connectivity index (χ1v) is 9.97. The normalized spacial score (nSPS) is 53.9. The number of hydrogen-bond donors (Lipinski definition) is 1. The van der Waals surface area contributed by atoms with Crippen LogP contribution in [0.15, 0.2) is 0 Å². The minimum atomic E-state index is -0.334. The fourth-order valence-electron chi connectivity index (χ4n) is 7.76. The molecule has 8 atom stereocenters. The van der Waals surface area contributed by atoms with Gasteiger partial charge in [-0.3, -0.25) is 9.59 Å². The van der Waals surface area contributed by atoms with Crippen LogP contribution in [0.3, 0.4) is 0 Å².